The molecule has 23 heavy (non-hydrogen) atoms. The van der Waals surface area contributed by atoms with Gasteiger partial charge in [-0.2, -0.15) is 13.2 Å². The van der Waals surface area contributed by atoms with Crippen LogP contribution in [0.25, 0.3) is 0 Å². The molecule has 10 heteroatoms. The standard InChI is InChI=1S/C13H17F3N4O2S/c1-8-4-2-3-7-20(8)10(22)6-5-9(21)17-12-19-18-11(23-12)13(14,15)16/h8H,2-7H2,1H3,(H,17,19,21)/t8-/m0/s1. The van der Waals surface area contributed by atoms with Crippen molar-refractivity contribution < 1.29 is 22.8 Å². The number of anilines is 1. The Bertz CT molecular complexity index is 576. The number of piperidine rings is 1. The second kappa shape index (κ2) is 7.24. The van der Waals surface area contributed by atoms with Crippen molar-refractivity contribution in [1.29, 1.82) is 0 Å². The number of halogens is 3. The van der Waals surface area contributed by atoms with Crippen LogP contribution in [0.2, 0.25) is 0 Å². The fourth-order valence-corrected chi connectivity index (χ4v) is 3.03. The van der Waals surface area contributed by atoms with Gasteiger partial charge in [-0.3, -0.25) is 9.59 Å². The topological polar surface area (TPSA) is 75.2 Å². The number of rotatable bonds is 4. The molecule has 0 spiro atoms. The largest absolute Gasteiger partial charge is 0.445 e. The molecule has 2 rings (SSSR count). The van der Waals surface area contributed by atoms with Gasteiger partial charge in [-0.25, -0.2) is 0 Å². The summed E-state index contributed by atoms with van der Waals surface area (Å²) in [6.45, 7) is 2.66. The maximum absolute atomic E-state index is 12.4. The highest BCUT2D eigenvalue weighted by molar-refractivity contribution is 7.15. The Morgan fingerprint density at radius 3 is 2.65 bits per heavy atom. The van der Waals surface area contributed by atoms with Crippen molar-refractivity contribution in [2.24, 2.45) is 0 Å². The Morgan fingerprint density at radius 2 is 2.04 bits per heavy atom. The van der Waals surface area contributed by atoms with Gasteiger partial charge in [-0.15, -0.1) is 10.2 Å². The maximum Gasteiger partial charge on any atom is 0.445 e. The molecule has 128 valence electrons. The zero-order valence-corrected chi connectivity index (χ0v) is 13.3. The van der Waals surface area contributed by atoms with Crippen LogP contribution in [0.1, 0.15) is 44.0 Å². The molecule has 1 aliphatic rings. The summed E-state index contributed by atoms with van der Waals surface area (Å²) < 4.78 is 37.1. The summed E-state index contributed by atoms with van der Waals surface area (Å²) in [4.78, 5) is 25.5. The van der Waals surface area contributed by atoms with Gasteiger partial charge in [0.15, 0.2) is 0 Å². The Morgan fingerprint density at radius 1 is 1.30 bits per heavy atom. The van der Waals surface area contributed by atoms with Crippen LogP contribution in [-0.4, -0.2) is 39.5 Å². The molecule has 0 unspecified atom stereocenters. The summed E-state index contributed by atoms with van der Waals surface area (Å²) in [5.41, 5.74) is 0. The monoisotopic (exact) mass is 350 g/mol. The molecule has 1 saturated heterocycles. The Labute approximate surface area is 135 Å². The van der Waals surface area contributed by atoms with Crippen LogP contribution in [0.3, 0.4) is 0 Å². The van der Waals surface area contributed by atoms with E-state index in [1.807, 2.05) is 6.92 Å². The summed E-state index contributed by atoms with van der Waals surface area (Å²) in [5.74, 6) is -0.659. The SMILES string of the molecule is C[C@H]1CCCCN1C(=O)CCC(=O)Nc1nnc(C(F)(F)F)s1. The van der Waals surface area contributed by atoms with Gasteiger partial charge in [-0.05, 0) is 26.2 Å². The van der Waals surface area contributed by atoms with Crippen LogP contribution in [0.15, 0.2) is 0 Å². The number of hydrogen-bond donors (Lipinski definition) is 1. The number of carbonyl (C=O) groups excluding carboxylic acids is 2. The first-order valence-corrected chi connectivity index (χ1v) is 8.09. The lowest BCUT2D eigenvalue weighted by Gasteiger charge is -2.33. The molecule has 1 aromatic rings. The van der Waals surface area contributed by atoms with Crippen molar-refractivity contribution in [1.82, 2.24) is 15.1 Å². The highest BCUT2D eigenvalue weighted by atomic mass is 32.1. The van der Waals surface area contributed by atoms with Gasteiger partial charge in [0.1, 0.15) is 0 Å². The van der Waals surface area contributed by atoms with E-state index < -0.39 is 17.1 Å². The van der Waals surface area contributed by atoms with E-state index in [2.05, 4.69) is 15.5 Å². The number of amides is 2. The minimum atomic E-state index is -4.58. The van der Waals surface area contributed by atoms with Crippen molar-refractivity contribution in [3.8, 4) is 0 Å². The molecular formula is C13H17F3N4O2S. The van der Waals surface area contributed by atoms with Gasteiger partial charge in [0.25, 0.3) is 0 Å². The second-order valence-corrected chi connectivity index (χ2v) is 6.37. The molecule has 0 bridgehead atoms. The summed E-state index contributed by atoms with van der Waals surface area (Å²) in [6, 6.07) is 0.164. The minimum absolute atomic E-state index is 0.0289. The fraction of sp³-hybridized carbons (Fsp3) is 0.692. The normalized spacial score (nSPS) is 18.8. The zero-order chi connectivity index (χ0) is 17.0. The molecule has 1 atom stereocenters. The summed E-state index contributed by atoms with van der Waals surface area (Å²) >= 11 is 0.256. The predicted molar refractivity (Wildman–Crippen MR) is 77.8 cm³/mol. The minimum Gasteiger partial charge on any atom is -0.340 e. The van der Waals surface area contributed by atoms with Crippen molar-refractivity contribution in [2.75, 3.05) is 11.9 Å². The highest BCUT2D eigenvalue weighted by Crippen LogP contribution is 2.33. The van der Waals surface area contributed by atoms with E-state index in [0.717, 1.165) is 19.3 Å². The van der Waals surface area contributed by atoms with Gasteiger partial charge in [0.05, 0.1) is 0 Å². The average Bonchev–Trinajstić information content (AvgIpc) is 2.94. The third-order valence-electron chi connectivity index (χ3n) is 3.60. The van der Waals surface area contributed by atoms with E-state index in [4.69, 9.17) is 0 Å². The van der Waals surface area contributed by atoms with E-state index >= 15 is 0 Å². The summed E-state index contributed by atoms with van der Waals surface area (Å²) in [7, 11) is 0. The van der Waals surface area contributed by atoms with E-state index in [0.29, 0.717) is 6.54 Å². The van der Waals surface area contributed by atoms with Crippen LogP contribution in [0.4, 0.5) is 18.3 Å². The first kappa shape index (κ1) is 17.6. The summed E-state index contributed by atoms with van der Waals surface area (Å²) in [6.07, 6.45) is -1.66. The lowest BCUT2D eigenvalue weighted by molar-refractivity contribution is -0.138. The van der Waals surface area contributed by atoms with Crippen molar-refractivity contribution in [3.63, 3.8) is 0 Å². The van der Waals surface area contributed by atoms with Crippen molar-refractivity contribution in [2.45, 2.75) is 51.2 Å². The van der Waals surface area contributed by atoms with Crippen molar-refractivity contribution in [3.05, 3.63) is 5.01 Å². The number of nitrogens with zero attached hydrogens (tertiary/aromatic N) is 3. The molecule has 0 aromatic carbocycles. The van der Waals surface area contributed by atoms with E-state index in [-0.39, 0.29) is 41.3 Å². The van der Waals surface area contributed by atoms with Gasteiger partial charge < -0.3 is 10.2 Å². The summed E-state index contributed by atoms with van der Waals surface area (Å²) in [5, 5.41) is 7.14. The van der Waals surface area contributed by atoms with Crippen molar-refractivity contribution >= 4 is 28.3 Å². The van der Waals surface area contributed by atoms with Crippen LogP contribution in [0.5, 0.6) is 0 Å². The average molecular weight is 350 g/mol. The van der Waals surface area contributed by atoms with E-state index in [1.54, 1.807) is 4.90 Å². The first-order chi connectivity index (χ1) is 10.8. The number of likely N-dealkylation sites (tertiary alicyclic amines) is 1. The lowest BCUT2D eigenvalue weighted by atomic mass is 10.0. The molecule has 1 aliphatic heterocycles. The first-order valence-electron chi connectivity index (χ1n) is 7.27. The molecule has 6 nitrogen and oxygen atoms in total. The molecule has 0 saturated carbocycles. The van der Waals surface area contributed by atoms with Gasteiger partial charge >= 0.3 is 6.18 Å². The van der Waals surface area contributed by atoms with Gasteiger partial charge in [0, 0.05) is 25.4 Å². The number of alkyl halides is 3. The molecule has 1 fully saturated rings. The molecule has 0 aliphatic carbocycles. The third kappa shape index (κ3) is 4.88. The fourth-order valence-electron chi connectivity index (χ4n) is 2.40. The molecule has 1 N–H and O–H groups in total. The van der Waals surface area contributed by atoms with Crippen LogP contribution in [-0.2, 0) is 15.8 Å². The van der Waals surface area contributed by atoms with E-state index in [1.165, 1.54) is 0 Å². The Balaban J connectivity index is 1.81. The van der Waals surface area contributed by atoms with Crippen LogP contribution in [0, 0.1) is 0 Å². The van der Waals surface area contributed by atoms with Crippen LogP contribution < -0.4 is 5.32 Å². The number of nitrogens with one attached hydrogen (secondary N) is 1. The van der Waals surface area contributed by atoms with Gasteiger partial charge in [0.2, 0.25) is 22.0 Å². The van der Waals surface area contributed by atoms with E-state index in [9.17, 15) is 22.8 Å². The molecular weight excluding hydrogens is 333 g/mol. The third-order valence-corrected chi connectivity index (χ3v) is 4.49. The maximum atomic E-state index is 12.4. The molecule has 1 aromatic heterocycles. The number of carbonyl (C=O) groups is 2. The van der Waals surface area contributed by atoms with Crippen LogP contribution >= 0.6 is 11.3 Å². The molecule has 2 amide bonds. The Kier molecular flexibility index (Phi) is 5.55. The smallest absolute Gasteiger partial charge is 0.340 e. The molecule has 0 radical (unpaired) electrons. The highest BCUT2D eigenvalue weighted by Gasteiger charge is 2.35. The number of hydrogen-bond acceptors (Lipinski definition) is 5. The predicted octanol–water partition coefficient (Wildman–Crippen LogP) is 2.68. The second-order valence-electron chi connectivity index (χ2n) is 5.39. The Hall–Kier alpha value is -1.71. The quantitative estimate of drug-likeness (QED) is 0.906. The lowest BCUT2D eigenvalue weighted by Crippen LogP contribution is -2.42. The van der Waals surface area contributed by atoms with Gasteiger partial charge in [-0.1, -0.05) is 11.3 Å². The number of aromatic nitrogens is 2. The molecule has 2 heterocycles. The zero-order valence-electron chi connectivity index (χ0n) is 12.5.